The second kappa shape index (κ2) is 7.00. The molecule has 0 bridgehead atoms. The molecule has 0 aliphatic heterocycles. The van der Waals surface area contributed by atoms with Crippen molar-refractivity contribution in [3.05, 3.63) is 36.3 Å². The summed E-state index contributed by atoms with van der Waals surface area (Å²) in [7, 11) is 0. The maximum Gasteiger partial charge on any atom is 0.315 e. The van der Waals surface area contributed by atoms with Gasteiger partial charge in [-0.25, -0.2) is 9.78 Å². The van der Waals surface area contributed by atoms with Crippen molar-refractivity contribution in [2.24, 2.45) is 11.3 Å². The molecule has 23 heavy (non-hydrogen) atoms. The number of hydrogen-bond acceptors (Lipinski definition) is 3. The van der Waals surface area contributed by atoms with Gasteiger partial charge in [-0.05, 0) is 23.6 Å². The highest BCUT2D eigenvalue weighted by Gasteiger charge is 2.30. The molecule has 3 N–H and O–H groups in total. The van der Waals surface area contributed by atoms with Crippen molar-refractivity contribution < 1.29 is 9.90 Å². The lowest BCUT2D eigenvalue weighted by Crippen LogP contribution is -2.46. The van der Waals surface area contributed by atoms with Gasteiger partial charge in [0.1, 0.15) is 5.65 Å². The third-order valence-electron chi connectivity index (χ3n) is 4.05. The molecule has 6 heteroatoms. The number of aromatic nitrogens is 2. The number of pyridine rings is 1. The Labute approximate surface area is 136 Å². The molecule has 6 nitrogen and oxygen atoms in total. The first kappa shape index (κ1) is 17.3. The average Bonchev–Trinajstić information content (AvgIpc) is 2.97. The van der Waals surface area contributed by atoms with E-state index in [4.69, 9.17) is 0 Å². The van der Waals surface area contributed by atoms with Crippen molar-refractivity contribution in [1.29, 1.82) is 0 Å². The minimum Gasteiger partial charge on any atom is -0.392 e. The van der Waals surface area contributed by atoms with Gasteiger partial charge in [0, 0.05) is 37.1 Å². The second-order valence-electron chi connectivity index (χ2n) is 6.94. The van der Waals surface area contributed by atoms with E-state index in [1.54, 1.807) is 6.20 Å². The molecule has 0 aromatic carbocycles. The summed E-state index contributed by atoms with van der Waals surface area (Å²) in [5.74, 6) is 0.149. The van der Waals surface area contributed by atoms with Gasteiger partial charge in [-0.3, -0.25) is 0 Å². The van der Waals surface area contributed by atoms with Gasteiger partial charge in [0.05, 0.1) is 6.10 Å². The SMILES string of the molecule is CC(C)[C@@H](O)C(C)(C)CNC(=O)NCc1ccn2ccnc2c1. The number of imidazole rings is 1. The van der Waals surface area contributed by atoms with Gasteiger partial charge in [-0.15, -0.1) is 0 Å². The highest BCUT2D eigenvalue weighted by atomic mass is 16.3. The van der Waals surface area contributed by atoms with Crippen molar-refractivity contribution in [3.8, 4) is 0 Å². The fourth-order valence-corrected chi connectivity index (χ4v) is 2.62. The van der Waals surface area contributed by atoms with Gasteiger partial charge in [0.2, 0.25) is 0 Å². The van der Waals surface area contributed by atoms with E-state index in [-0.39, 0.29) is 17.4 Å². The van der Waals surface area contributed by atoms with Gasteiger partial charge in [0.25, 0.3) is 0 Å². The number of carbonyl (C=O) groups excluding carboxylic acids is 1. The Hall–Kier alpha value is -2.08. The van der Waals surface area contributed by atoms with Gasteiger partial charge in [-0.2, -0.15) is 0 Å². The molecular formula is C17H26N4O2. The number of aliphatic hydroxyl groups is 1. The van der Waals surface area contributed by atoms with Gasteiger partial charge in [0.15, 0.2) is 0 Å². The fraction of sp³-hybridized carbons (Fsp3) is 0.529. The summed E-state index contributed by atoms with van der Waals surface area (Å²) in [6.45, 7) is 8.69. The van der Waals surface area contributed by atoms with Crippen LogP contribution < -0.4 is 10.6 Å². The molecule has 2 rings (SSSR count). The van der Waals surface area contributed by atoms with Crippen LogP contribution in [0, 0.1) is 11.3 Å². The molecular weight excluding hydrogens is 292 g/mol. The number of urea groups is 1. The van der Waals surface area contributed by atoms with E-state index in [1.807, 2.05) is 56.6 Å². The fourth-order valence-electron chi connectivity index (χ4n) is 2.62. The largest absolute Gasteiger partial charge is 0.392 e. The van der Waals surface area contributed by atoms with E-state index < -0.39 is 6.10 Å². The van der Waals surface area contributed by atoms with Crippen LogP contribution in [-0.2, 0) is 6.54 Å². The predicted octanol–water partition coefficient (Wildman–Crippen LogP) is 2.18. The van der Waals surface area contributed by atoms with Crippen molar-refractivity contribution in [2.45, 2.75) is 40.3 Å². The molecule has 0 fully saturated rings. The number of hydrogen-bond donors (Lipinski definition) is 3. The van der Waals surface area contributed by atoms with E-state index in [2.05, 4.69) is 15.6 Å². The van der Waals surface area contributed by atoms with Gasteiger partial charge < -0.3 is 20.1 Å². The average molecular weight is 318 g/mol. The molecule has 0 saturated heterocycles. The van der Waals surface area contributed by atoms with Crippen LogP contribution in [-0.4, -0.2) is 33.2 Å². The summed E-state index contributed by atoms with van der Waals surface area (Å²) in [4.78, 5) is 16.2. The molecule has 1 atom stereocenters. The van der Waals surface area contributed by atoms with Crippen molar-refractivity contribution in [3.63, 3.8) is 0 Å². The third kappa shape index (κ3) is 4.45. The van der Waals surface area contributed by atoms with Gasteiger partial charge in [-0.1, -0.05) is 27.7 Å². The molecule has 126 valence electrons. The van der Waals surface area contributed by atoms with E-state index >= 15 is 0 Å². The monoisotopic (exact) mass is 318 g/mol. The molecule has 2 heterocycles. The lowest BCUT2D eigenvalue weighted by Gasteiger charge is -2.33. The number of nitrogens with zero attached hydrogens (tertiary/aromatic N) is 2. The maximum atomic E-state index is 11.9. The molecule has 0 aliphatic carbocycles. The minimum atomic E-state index is -0.467. The number of amides is 2. The first-order valence-corrected chi connectivity index (χ1v) is 7.91. The zero-order valence-corrected chi connectivity index (χ0v) is 14.2. The van der Waals surface area contributed by atoms with Crippen molar-refractivity contribution in [1.82, 2.24) is 20.0 Å². The number of rotatable bonds is 6. The van der Waals surface area contributed by atoms with Crippen molar-refractivity contribution >= 4 is 11.7 Å². The molecule has 0 unspecified atom stereocenters. The highest BCUT2D eigenvalue weighted by molar-refractivity contribution is 5.73. The quantitative estimate of drug-likeness (QED) is 0.764. The van der Waals surface area contributed by atoms with E-state index in [9.17, 15) is 9.90 Å². The summed E-state index contributed by atoms with van der Waals surface area (Å²) in [5.41, 5.74) is 1.46. The van der Waals surface area contributed by atoms with Crippen LogP contribution in [0.3, 0.4) is 0 Å². The predicted molar refractivity (Wildman–Crippen MR) is 90.1 cm³/mol. The number of aliphatic hydroxyl groups excluding tert-OH is 1. The second-order valence-corrected chi connectivity index (χ2v) is 6.94. The van der Waals surface area contributed by atoms with E-state index in [1.165, 1.54) is 0 Å². The summed E-state index contributed by atoms with van der Waals surface area (Å²) in [6.07, 6.45) is 5.06. The first-order chi connectivity index (χ1) is 10.8. The lowest BCUT2D eigenvalue weighted by atomic mass is 9.81. The van der Waals surface area contributed by atoms with Crippen molar-refractivity contribution in [2.75, 3.05) is 6.54 Å². The zero-order valence-electron chi connectivity index (χ0n) is 14.2. The molecule has 0 radical (unpaired) electrons. The molecule has 2 aromatic heterocycles. The van der Waals surface area contributed by atoms with Crippen LogP contribution in [0.5, 0.6) is 0 Å². The number of carbonyl (C=O) groups is 1. The molecule has 2 amide bonds. The Bertz CT molecular complexity index is 663. The van der Waals surface area contributed by atoms with Crippen LogP contribution in [0.15, 0.2) is 30.7 Å². The summed E-state index contributed by atoms with van der Waals surface area (Å²) < 4.78 is 1.92. The minimum absolute atomic E-state index is 0.149. The smallest absolute Gasteiger partial charge is 0.315 e. The molecule has 0 aliphatic rings. The standard InChI is InChI=1S/C17H26N4O2/c1-12(2)15(22)17(3,4)11-20-16(23)19-10-13-5-7-21-8-6-18-14(21)9-13/h5-9,12,15,22H,10-11H2,1-4H3,(H2,19,20,23)/t15-/m1/s1. The topological polar surface area (TPSA) is 78.7 Å². The van der Waals surface area contributed by atoms with Crippen LogP contribution in [0.1, 0.15) is 33.3 Å². The lowest BCUT2D eigenvalue weighted by molar-refractivity contribution is 0.0151. The number of fused-ring (bicyclic) bond motifs is 1. The van der Waals surface area contributed by atoms with Crippen LogP contribution in [0.25, 0.3) is 5.65 Å². The third-order valence-corrected chi connectivity index (χ3v) is 4.05. The zero-order chi connectivity index (χ0) is 17.0. The summed E-state index contributed by atoms with van der Waals surface area (Å²) in [5, 5.41) is 15.8. The maximum absolute atomic E-state index is 11.9. The molecule has 0 spiro atoms. The van der Waals surface area contributed by atoms with Crippen LogP contribution in [0.4, 0.5) is 4.79 Å². The Kier molecular flexibility index (Phi) is 5.26. The normalized spacial score (nSPS) is 13.3. The summed E-state index contributed by atoms with van der Waals surface area (Å²) >= 11 is 0. The Morgan fingerprint density at radius 2 is 2.09 bits per heavy atom. The van der Waals surface area contributed by atoms with Crippen LogP contribution in [0.2, 0.25) is 0 Å². The van der Waals surface area contributed by atoms with Crippen LogP contribution >= 0.6 is 0 Å². The summed E-state index contributed by atoms with van der Waals surface area (Å²) in [6, 6.07) is 3.64. The van der Waals surface area contributed by atoms with Gasteiger partial charge >= 0.3 is 6.03 Å². The number of nitrogens with one attached hydrogen (secondary N) is 2. The Morgan fingerprint density at radius 3 is 2.78 bits per heavy atom. The molecule has 2 aromatic rings. The highest BCUT2D eigenvalue weighted by Crippen LogP contribution is 2.24. The Balaban J connectivity index is 1.83. The Morgan fingerprint density at radius 1 is 1.35 bits per heavy atom. The molecule has 0 saturated carbocycles. The van der Waals surface area contributed by atoms with E-state index in [0.717, 1.165) is 11.2 Å². The first-order valence-electron chi connectivity index (χ1n) is 7.91. The van der Waals surface area contributed by atoms with E-state index in [0.29, 0.717) is 13.1 Å².